The summed E-state index contributed by atoms with van der Waals surface area (Å²) in [6, 6.07) is 13.7. The number of hydrogen-bond acceptors (Lipinski definition) is 6. The van der Waals surface area contributed by atoms with E-state index < -0.39 is 23.3 Å². The largest absolute Gasteiger partial charge is 0.481 e. The van der Waals surface area contributed by atoms with E-state index in [1.165, 1.54) is 0 Å². The first kappa shape index (κ1) is 35.3. The Hall–Kier alpha value is -4.51. The first-order valence-corrected chi connectivity index (χ1v) is 16.4. The minimum Gasteiger partial charge on any atom is -0.481 e. The van der Waals surface area contributed by atoms with Crippen molar-refractivity contribution >= 4 is 29.4 Å². The molecular weight excluding hydrogens is 598 g/mol. The fourth-order valence-electron chi connectivity index (χ4n) is 5.97. The first-order chi connectivity index (χ1) is 22.4. The number of amides is 3. The van der Waals surface area contributed by atoms with E-state index in [1.54, 1.807) is 47.7 Å². The molecule has 0 radical (unpaired) electrons. The Morgan fingerprint density at radius 2 is 1.70 bits per heavy atom. The highest BCUT2D eigenvalue weighted by atomic mass is 16.4. The Morgan fingerprint density at radius 3 is 2.34 bits per heavy atom. The molecule has 0 saturated carbocycles. The summed E-state index contributed by atoms with van der Waals surface area (Å²) in [5, 5.41) is 27.2. The number of carbonyl (C=O) groups excluding carboxylic acids is 3. The average Bonchev–Trinajstić information content (AvgIpc) is 3.44. The molecule has 0 aliphatic carbocycles. The van der Waals surface area contributed by atoms with Gasteiger partial charge in [0, 0.05) is 31.0 Å². The van der Waals surface area contributed by atoms with Gasteiger partial charge in [-0.15, -0.1) is 0 Å². The summed E-state index contributed by atoms with van der Waals surface area (Å²) in [5.74, 6) is -2.14. The number of carboxylic acids is 1. The molecule has 3 amide bonds. The maximum absolute atomic E-state index is 14.5. The average molecular weight is 646 g/mol. The SMILES string of the molecule is CCCCN(CCCC)C(=O)c1cc(C)n(-c2ccc(NC(=O)C(C)(C)CC(=O)O)cc2C(=O)N2CCc3ccccc3[C@H]2CO)n1. The highest BCUT2D eigenvalue weighted by Gasteiger charge is 2.34. The Bertz CT molecular complexity index is 1600. The zero-order valence-electron chi connectivity index (χ0n) is 28.1. The summed E-state index contributed by atoms with van der Waals surface area (Å²) in [4.78, 5) is 56.0. The van der Waals surface area contributed by atoms with Gasteiger partial charge in [0.15, 0.2) is 5.69 Å². The number of aryl methyl sites for hydroxylation is 1. The van der Waals surface area contributed by atoms with Gasteiger partial charge in [0.25, 0.3) is 11.8 Å². The van der Waals surface area contributed by atoms with Gasteiger partial charge >= 0.3 is 5.97 Å². The number of fused-ring (bicyclic) bond motifs is 1. The number of aromatic nitrogens is 2. The molecule has 0 saturated heterocycles. The van der Waals surface area contributed by atoms with E-state index in [2.05, 4.69) is 19.2 Å². The van der Waals surface area contributed by atoms with Crippen LogP contribution in [0.5, 0.6) is 0 Å². The number of aliphatic hydroxyl groups is 1. The lowest BCUT2D eigenvalue weighted by Crippen LogP contribution is -2.42. The van der Waals surface area contributed by atoms with Gasteiger partial charge in [-0.2, -0.15) is 5.10 Å². The molecule has 0 unspecified atom stereocenters. The zero-order valence-corrected chi connectivity index (χ0v) is 28.1. The van der Waals surface area contributed by atoms with Crippen molar-refractivity contribution in [2.24, 2.45) is 5.41 Å². The minimum absolute atomic E-state index is 0.167. The molecule has 1 atom stereocenters. The van der Waals surface area contributed by atoms with Crippen molar-refractivity contribution in [2.75, 3.05) is 31.6 Å². The molecule has 2 heterocycles. The van der Waals surface area contributed by atoms with E-state index in [0.717, 1.165) is 36.8 Å². The molecule has 11 nitrogen and oxygen atoms in total. The molecule has 4 rings (SSSR count). The number of aliphatic hydroxyl groups excluding tert-OH is 1. The van der Waals surface area contributed by atoms with Crippen LogP contribution < -0.4 is 5.32 Å². The van der Waals surface area contributed by atoms with Crippen molar-refractivity contribution in [3.05, 3.63) is 76.6 Å². The summed E-state index contributed by atoms with van der Waals surface area (Å²) < 4.78 is 1.57. The topological polar surface area (TPSA) is 145 Å². The molecule has 0 spiro atoms. The summed E-state index contributed by atoms with van der Waals surface area (Å²) in [5.41, 5.74) is 2.61. The number of carboxylic acid groups (broad SMARTS) is 1. The van der Waals surface area contributed by atoms with Gasteiger partial charge in [-0.25, -0.2) is 4.68 Å². The maximum Gasteiger partial charge on any atom is 0.304 e. The van der Waals surface area contributed by atoms with Crippen LogP contribution in [0.2, 0.25) is 0 Å². The van der Waals surface area contributed by atoms with Crippen molar-refractivity contribution in [3.8, 4) is 5.69 Å². The van der Waals surface area contributed by atoms with Gasteiger partial charge in [-0.1, -0.05) is 64.8 Å². The van der Waals surface area contributed by atoms with Crippen molar-refractivity contribution in [3.63, 3.8) is 0 Å². The first-order valence-electron chi connectivity index (χ1n) is 16.4. The van der Waals surface area contributed by atoms with Crippen LogP contribution in [-0.4, -0.2) is 79.7 Å². The standard InChI is InChI=1S/C36H47N5O6/c1-6-8-17-39(18-9-7-2)34(46)29-20-24(3)41(38-29)30-15-14-26(37-35(47)36(4,5)22-32(43)44)21-28(30)33(45)40-19-16-25-12-10-11-13-27(25)31(40)23-42/h10-15,20-21,31,42H,6-9,16-19,22-23H2,1-5H3,(H,37,47)(H,43,44)/t31-/m1/s1. The van der Waals surface area contributed by atoms with E-state index in [9.17, 15) is 29.4 Å². The molecule has 1 aromatic heterocycles. The van der Waals surface area contributed by atoms with Gasteiger partial charge < -0.3 is 25.3 Å². The predicted octanol–water partition coefficient (Wildman–Crippen LogP) is 5.39. The predicted molar refractivity (Wildman–Crippen MR) is 180 cm³/mol. The maximum atomic E-state index is 14.5. The molecule has 47 heavy (non-hydrogen) atoms. The Kier molecular flexibility index (Phi) is 11.6. The lowest BCUT2D eigenvalue weighted by molar-refractivity contribution is -0.142. The number of aliphatic carboxylic acids is 1. The lowest BCUT2D eigenvalue weighted by atomic mass is 9.88. The summed E-state index contributed by atoms with van der Waals surface area (Å²) >= 11 is 0. The Balaban J connectivity index is 1.77. The third-order valence-electron chi connectivity index (χ3n) is 8.72. The third-order valence-corrected chi connectivity index (χ3v) is 8.72. The molecule has 0 fully saturated rings. The number of hydrogen-bond donors (Lipinski definition) is 3. The van der Waals surface area contributed by atoms with Crippen LogP contribution in [0.25, 0.3) is 5.69 Å². The van der Waals surface area contributed by atoms with Crippen LogP contribution >= 0.6 is 0 Å². The van der Waals surface area contributed by atoms with Gasteiger partial charge in [0.05, 0.1) is 35.7 Å². The highest BCUT2D eigenvalue weighted by molar-refractivity contribution is 6.02. The van der Waals surface area contributed by atoms with Gasteiger partial charge in [-0.05, 0) is 61.6 Å². The van der Waals surface area contributed by atoms with Crippen LogP contribution in [0, 0.1) is 12.3 Å². The van der Waals surface area contributed by atoms with Crippen LogP contribution in [0.3, 0.4) is 0 Å². The normalized spacial score (nSPS) is 14.4. The minimum atomic E-state index is -1.21. The van der Waals surface area contributed by atoms with Crippen LogP contribution in [-0.2, 0) is 16.0 Å². The number of carbonyl (C=O) groups is 4. The number of nitrogens with zero attached hydrogens (tertiary/aromatic N) is 4. The third kappa shape index (κ3) is 8.08. The summed E-state index contributed by atoms with van der Waals surface area (Å²) in [6.45, 7) is 10.4. The number of rotatable bonds is 14. The summed E-state index contributed by atoms with van der Waals surface area (Å²) in [7, 11) is 0. The number of nitrogens with one attached hydrogen (secondary N) is 1. The Morgan fingerprint density at radius 1 is 1.02 bits per heavy atom. The second-order valence-corrected chi connectivity index (χ2v) is 12.9. The molecule has 1 aliphatic rings. The second kappa shape index (κ2) is 15.4. The molecule has 0 bridgehead atoms. The highest BCUT2D eigenvalue weighted by Crippen LogP contribution is 2.33. The fourth-order valence-corrected chi connectivity index (χ4v) is 5.97. The Labute approximate surface area is 276 Å². The smallest absolute Gasteiger partial charge is 0.304 e. The molecule has 3 N–H and O–H groups in total. The molecule has 252 valence electrons. The van der Waals surface area contributed by atoms with E-state index in [1.807, 2.05) is 36.1 Å². The quantitative estimate of drug-likeness (QED) is 0.213. The number of anilines is 1. The number of unbranched alkanes of at least 4 members (excludes halogenated alkanes) is 2. The van der Waals surface area contributed by atoms with Crippen molar-refractivity contribution in [1.29, 1.82) is 0 Å². The van der Waals surface area contributed by atoms with Crippen LogP contribution in [0.1, 0.15) is 104 Å². The fraction of sp³-hybridized carbons (Fsp3) is 0.472. The van der Waals surface area contributed by atoms with E-state index in [4.69, 9.17) is 5.10 Å². The molecule has 1 aliphatic heterocycles. The van der Waals surface area contributed by atoms with Gasteiger partial charge in [0.2, 0.25) is 5.91 Å². The summed E-state index contributed by atoms with van der Waals surface area (Å²) in [6.07, 6.45) is 3.93. The van der Waals surface area contributed by atoms with E-state index in [0.29, 0.717) is 43.1 Å². The van der Waals surface area contributed by atoms with Crippen molar-refractivity contribution in [1.82, 2.24) is 19.6 Å². The van der Waals surface area contributed by atoms with Crippen LogP contribution in [0.15, 0.2) is 48.5 Å². The van der Waals surface area contributed by atoms with Gasteiger partial charge in [0.1, 0.15) is 0 Å². The van der Waals surface area contributed by atoms with Crippen molar-refractivity contribution in [2.45, 2.75) is 79.2 Å². The zero-order chi connectivity index (χ0) is 34.3. The van der Waals surface area contributed by atoms with Crippen molar-refractivity contribution < 1.29 is 29.4 Å². The second-order valence-electron chi connectivity index (χ2n) is 12.9. The van der Waals surface area contributed by atoms with Crippen LogP contribution in [0.4, 0.5) is 5.69 Å². The van der Waals surface area contributed by atoms with E-state index in [-0.39, 0.29) is 36.1 Å². The molecular formula is C36H47N5O6. The number of benzene rings is 2. The molecule has 11 heteroatoms. The van der Waals surface area contributed by atoms with E-state index >= 15 is 0 Å². The molecule has 3 aromatic rings. The monoisotopic (exact) mass is 645 g/mol. The van der Waals surface area contributed by atoms with Gasteiger partial charge in [-0.3, -0.25) is 19.2 Å². The lowest BCUT2D eigenvalue weighted by Gasteiger charge is -2.37. The molecule has 2 aromatic carbocycles.